The van der Waals surface area contributed by atoms with Crippen LogP contribution in [0.25, 0.3) is 0 Å². The fourth-order valence-electron chi connectivity index (χ4n) is 1.24. The topological polar surface area (TPSA) is 63.3 Å². The molecule has 0 spiro atoms. The van der Waals surface area contributed by atoms with E-state index in [4.69, 9.17) is 10.8 Å². The van der Waals surface area contributed by atoms with E-state index >= 15 is 0 Å². The molecule has 5 heteroatoms. The second-order valence-corrected chi connectivity index (χ2v) is 3.04. The van der Waals surface area contributed by atoms with Crippen molar-refractivity contribution in [1.82, 2.24) is 0 Å². The highest BCUT2D eigenvalue weighted by atomic mass is 19.2. The minimum Gasteiger partial charge on any atom is -0.392 e. The molecule has 0 aliphatic carbocycles. The number of hydrogen-bond donors (Lipinski definition) is 2. The smallest absolute Gasteiger partial charge is 0.164 e. The van der Waals surface area contributed by atoms with Gasteiger partial charge in [0.1, 0.15) is 0 Å². The standard InChI is InChI=1S/C10H11F2NO2/c11-8-3-6(5-14)7(4-9(8)12)10(15)1-2-13/h3-4,14H,1-2,5,13H2. The van der Waals surface area contributed by atoms with Gasteiger partial charge < -0.3 is 10.8 Å². The normalized spacial score (nSPS) is 10.4. The second kappa shape index (κ2) is 4.95. The monoisotopic (exact) mass is 215 g/mol. The van der Waals surface area contributed by atoms with E-state index in [0.717, 1.165) is 12.1 Å². The Bertz CT molecular complexity index is 380. The molecule has 3 nitrogen and oxygen atoms in total. The molecule has 0 heterocycles. The Kier molecular flexibility index (Phi) is 3.88. The van der Waals surface area contributed by atoms with Gasteiger partial charge in [-0.3, -0.25) is 4.79 Å². The Morgan fingerprint density at radius 2 is 1.93 bits per heavy atom. The van der Waals surface area contributed by atoms with Gasteiger partial charge >= 0.3 is 0 Å². The van der Waals surface area contributed by atoms with Crippen LogP contribution >= 0.6 is 0 Å². The van der Waals surface area contributed by atoms with Crippen LogP contribution in [-0.4, -0.2) is 17.4 Å². The number of aliphatic hydroxyl groups is 1. The zero-order valence-electron chi connectivity index (χ0n) is 7.96. The van der Waals surface area contributed by atoms with Crippen molar-refractivity contribution in [2.45, 2.75) is 13.0 Å². The highest BCUT2D eigenvalue weighted by Crippen LogP contribution is 2.16. The van der Waals surface area contributed by atoms with Crippen molar-refractivity contribution in [2.75, 3.05) is 6.54 Å². The molecule has 1 rings (SSSR count). The van der Waals surface area contributed by atoms with Crippen molar-refractivity contribution in [1.29, 1.82) is 0 Å². The summed E-state index contributed by atoms with van der Waals surface area (Å²) in [6.07, 6.45) is 0.0398. The zero-order chi connectivity index (χ0) is 11.4. The first kappa shape index (κ1) is 11.7. The number of Topliss-reactive ketones (excluding diaryl/α,β-unsaturated/α-hetero) is 1. The number of hydrogen-bond acceptors (Lipinski definition) is 3. The van der Waals surface area contributed by atoms with E-state index in [0.29, 0.717) is 0 Å². The summed E-state index contributed by atoms with van der Waals surface area (Å²) < 4.78 is 25.6. The molecule has 0 aliphatic heterocycles. The third-order valence-corrected chi connectivity index (χ3v) is 1.99. The highest BCUT2D eigenvalue weighted by molar-refractivity contribution is 5.97. The van der Waals surface area contributed by atoms with Crippen LogP contribution in [0.3, 0.4) is 0 Å². The van der Waals surface area contributed by atoms with Gasteiger partial charge in [0.25, 0.3) is 0 Å². The zero-order valence-corrected chi connectivity index (χ0v) is 7.96. The molecule has 0 saturated heterocycles. The van der Waals surface area contributed by atoms with Gasteiger partial charge in [-0.25, -0.2) is 8.78 Å². The van der Waals surface area contributed by atoms with Gasteiger partial charge in [-0.2, -0.15) is 0 Å². The lowest BCUT2D eigenvalue weighted by Gasteiger charge is -2.06. The molecular formula is C10H11F2NO2. The van der Waals surface area contributed by atoms with E-state index in [9.17, 15) is 13.6 Å². The number of nitrogens with two attached hydrogens (primary N) is 1. The molecule has 0 aromatic heterocycles. The van der Waals surface area contributed by atoms with E-state index in [1.165, 1.54) is 0 Å². The van der Waals surface area contributed by atoms with Crippen molar-refractivity contribution >= 4 is 5.78 Å². The third kappa shape index (κ3) is 2.57. The van der Waals surface area contributed by atoms with Gasteiger partial charge in [0.2, 0.25) is 0 Å². The van der Waals surface area contributed by atoms with Gasteiger partial charge in [-0.05, 0) is 24.2 Å². The third-order valence-electron chi connectivity index (χ3n) is 1.99. The average molecular weight is 215 g/mol. The van der Waals surface area contributed by atoms with Crippen LogP contribution in [0.4, 0.5) is 8.78 Å². The minimum atomic E-state index is -1.10. The van der Waals surface area contributed by atoms with E-state index in [2.05, 4.69) is 0 Å². The summed E-state index contributed by atoms with van der Waals surface area (Å²) in [5, 5.41) is 8.88. The van der Waals surface area contributed by atoms with Crippen molar-refractivity contribution in [2.24, 2.45) is 5.73 Å². The fourth-order valence-corrected chi connectivity index (χ4v) is 1.24. The lowest BCUT2D eigenvalue weighted by molar-refractivity contribution is 0.0982. The molecule has 0 atom stereocenters. The SMILES string of the molecule is NCCC(=O)c1cc(F)c(F)cc1CO. The highest BCUT2D eigenvalue weighted by Gasteiger charge is 2.14. The molecule has 1 aromatic carbocycles. The van der Waals surface area contributed by atoms with Crippen LogP contribution in [0.5, 0.6) is 0 Å². The first-order valence-corrected chi connectivity index (χ1v) is 4.42. The molecule has 15 heavy (non-hydrogen) atoms. The van der Waals surface area contributed by atoms with Gasteiger partial charge in [0.05, 0.1) is 6.61 Å². The number of halogens is 2. The molecule has 1 aromatic rings. The Hall–Kier alpha value is -1.33. The lowest BCUT2D eigenvalue weighted by Crippen LogP contribution is -2.11. The lowest BCUT2D eigenvalue weighted by atomic mass is 10.0. The van der Waals surface area contributed by atoms with Gasteiger partial charge in [-0.1, -0.05) is 0 Å². The van der Waals surface area contributed by atoms with Gasteiger partial charge in [-0.15, -0.1) is 0 Å². The number of ketones is 1. The Labute approximate surface area is 85.5 Å². The van der Waals surface area contributed by atoms with E-state index in [1.807, 2.05) is 0 Å². The Morgan fingerprint density at radius 1 is 1.33 bits per heavy atom. The molecule has 0 aliphatic rings. The van der Waals surface area contributed by atoms with Crippen molar-refractivity contribution in [3.63, 3.8) is 0 Å². The molecular weight excluding hydrogens is 204 g/mol. The van der Waals surface area contributed by atoms with E-state index in [1.54, 1.807) is 0 Å². The quantitative estimate of drug-likeness (QED) is 0.736. The van der Waals surface area contributed by atoms with Crippen LogP contribution < -0.4 is 5.73 Å². The average Bonchev–Trinajstić information content (AvgIpc) is 2.21. The number of rotatable bonds is 4. The van der Waals surface area contributed by atoms with Gasteiger partial charge in [0.15, 0.2) is 17.4 Å². The minimum absolute atomic E-state index is 0.0122. The van der Waals surface area contributed by atoms with Gasteiger partial charge in [0, 0.05) is 12.0 Å². The van der Waals surface area contributed by atoms with Crippen molar-refractivity contribution < 1.29 is 18.7 Å². The summed E-state index contributed by atoms with van der Waals surface area (Å²) >= 11 is 0. The number of carbonyl (C=O) groups excluding carboxylic acids is 1. The maximum absolute atomic E-state index is 12.9. The van der Waals surface area contributed by atoms with Crippen LogP contribution in [0.2, 0.25) is 0 Å². The maximum Gasteiger partial charge on any atom is 0.164 e. The number of aliphatic hydroxyl groups excluding tert-OH is 1. The first-order valence-electron chi connectivity index (χ1n) is 4.42. The summed E-state index contributed by atoms with van der Waals surface area (Å²) in [5.41, 5.74) is 5.24. The molecule has 0 amide bonds. The summed E-state index contributed by atoms with van der Waals surface area (Å²) in [4.78, 5) is 11.4. The van der Waals surface area contributed by atoms with Crippen LogP contribution in [0, 0.1) is 11.6 Å². The van der Waals surface area contributed by atoms with Crippen LogP contribution in [0.15, 0.2) is 12.1 Å². The first-order chi connectivity index (χ1) is 7.10. The summed E-state index contributed by atoms with van der Waals surface area (Å²) in [7, 11) is 0. The number of carbonyl (C=O) groups is 1. The molecule has 0 fully saturated rings. The molecule has 0 radical (unpaired) electrons. The molecule has 0 unspecified atom stereocenters. The predicted octanol–water partition coefficient (Wildman–Crippen LogP) is 0.989. The summed E-state index contributed by atoms with van der Waals surface area (Å²) in [6, 6.07) is 1.61. The van der Waals surface area contributed by atoms with E-state index in [-0.39, 0.29) is 24.1 Å². The van der Waals surface area contributed by atoms with Crippen molar-refractivity contribution in [3.05, 3.63) is 34.9 Å². The van der Waals surface area contributed by atoms with Crippen LogP contribution in [-0.2, 0) is 6.61 Å². The second-order valence-electron chi connectivity index (χ2n) is 3.04. The maximum atomic E-state index is 12.9. The molecule has 3 N–H and O–H groups in total. The largest absolute Gasteiger partial charge is 0.392 e. The summed E-state index contributed by atoms with van der Waals surface area (Å²) in [5.74, 6) is -2.59. The Morgan fingerprint density at radius 3 is 2.47 bits per heavy atom. The number of benzene rings is 1. The molecule has 82 valence electrons. The summed E-state index contributed by atoms with van der Waals surface area (Å²) in [6.45, 7) is -0.383. The van der Waals surface area contributed by atoms with E-state index < -0.39 is 24.0 Å². The Balaban J connectivity index is 3.15. The fraction of sp³-hybridized carbons (Fsp3) is 0.300. The van der Waals surface area contributed by atoms with Crippen molar-refractivity contribution in [3.8, 4) is 0 Å². The van der Waals surface area contributed by atoms with Crippen LogP contribution in [0.1, 0.15) is 22.3 Å². The molecule has 0 bridgehead atoms. The predicted molar refractivity (Wildman–Crippen MR) is 50.3 cm³/mol. The molecule has 0 saturated carbocycles.